The second-order valence-corrected chi connectivity index (χ2v) is 5.82. The third kappa shape index (κ3) is 5.11. The van der Waals surface area contributed by atoms with Gasteiger partial charge in [0.25, 0.3) is 5.91 Å². The molecule has 0 heterocycles. The van der Waals surface area contributed by atoms with E-state index < -0.39 is 6.10 Å². The first kappa shape index (κ1) is 17.5. The van der Waals surface area contributed by atoms with Crippen molar-refractivity contribution in [3.8, 4) is 11.8 Å². The van der Waals surface area contributed by atoms with E-state index in [1.807, 2.05) is 44.4 Å². The van der Waals surface area contributed by atoms with Crippen molar-refractivity contribution < 1.29 is 9.53 Å². The quantitative estimate of drug-likeness (QED) is 0.887. The van der Waals surface area contributed by atoms with E-state index in [0.29, 0.717) is 11.3 Å². The Hall–Kier alpha value is -2.84. The first-order valence-corrected chi connectivity index (χ1v) is 7.69. The first-order valence-electron chi connectivity index (χ1n) is 7.69. The van der Waals surface area contributed by atoms with Gasteiger partial charge < -0.3 is 15.0 Å². The van der Waals surface area contributed by atoms with Gasteiger partial charge in [-0.1, -0.05) is 12.1 Å². The summed E-state index contributed by atoms with van der Waals surface area (Å²) < 4.78 is 5.61. The second kappa shape index (κ2) is 8.14. The molecule has 0 radical (unpaired) electrons. The Labute approximate surface area is 142 Å². The average Bonchev–Trinajstić information content (AvgIpc) is 2.55. The molecule has 0 aliphatic rings. The minimum Gasteiger partial charge on any atom is -0.481 e. The van der Waals surface area contributed by atoms with Crippen LogP contribution in [-0.4, -0.2) is 31.0 Å². The summed E-state index contributed by atoms with van der Waals surface area (Å²) >= 11 is 0. The van der Waals surface area contributed by atoms with Crippen LogP contribution in [0.25, 0.3) is 0 Å². The maximum Gasteiger partial charge on any atom is 0.265 e. The van der Waals surface area contributed by atoms with E-state index in [0.717, 1.165) is 17.8 Å². The van der Waals surface area contributed by atoms with E-state index >= 15 is 0 Å². The van der Waals surface area contributed by atoms with Crippen LogP contribution >= 0.6 is 0 Å². The topological polar surface area (TPSA) is 65.4 Å². The Morgan fingerprint density at radius 1 is 1.25 bits per heavy atom. The molecule has 0 fully saturated rings. The lowest BCUT2D eigenvalue weighted by Crippen LogP contribution is -2.30. The molecule has 24 heavy (non-hydrogen) atoms. The third-order valence-electron chi connectivity index (χ3n) is 3.36. The van der Waals surface area contributed by atoms with Crippen LogP contribution < -0.4 is 10.1 Å². The van der Waals surface area contributed by atoms with Crippen molar-refractivity contribution in [3.05, 3.63) is 59.7 Å². The normalized spacial score (nSPS) is 11.6. The number of carbonyl (C=O) groups excluding carboxylic acids is 1. The van der Waals surface area contributed by atoms with Crippen molar-refractivity contribution in [2.45, 2.75) is 19.6 Å². The number of nitrogens with zero attached hydrogens (tertiary/aromatic N) is 2. The highest BCUT2D eigenvalue weighted by Crippen LogP contribution is 2.16. The predicted octanol–water partition coefficient (Wildman–Crippen LogP) is 3.03. The van der Waals surface area contributed by atoms with Crippen LogP contribution in [-0.2, 0) is 11.3 Å². The molecule has 0 saturated heterocycles. The van der Waals surface area contributed by atoms with E-state index in [1.54, 1.807) is 31.2 Å². The molecule has 2 aromatic rings. The molecule has 124 valence electrons. The number of hydrogen-bond acceptors (Lipinski definition) is 4. The van der Waals surface area contributed by atoms with Crippen LogP contribution in [0.1, 0.15) is 18.1 Å². The van der Waals surface area contributed by atoms with Crippen molar-refractivity contribution in [1.29, 1.82) is 5.26 Å². The van der Waals surface area contributed by atoms with Gasteiger partial charge in [-0.15, -0.1) is 0 Å². The Balaban J connectivity index is 1.97. The smallest absolute Gasteiger partial charge is 0.265 e. The molecule has 1 amide bonds. The van der Waals surface area contributed by atoms with E-state index in [4.69, 9.17) is 10.00 Å². The molecule has 5 heteroatoms. The molecule has 0 saturated carbocycles. The Morgan fingerprint density at radius 2 is 1.96 bits per heavy atom. The van der Waals surface area contributed by atoms with Crippen molar-refractivity contribution in [2.24, 2.45) is 0 Å². The Morgan fingerprint density at radius 3 is 2.58 bits per heavy atom. The molecule has 1 atom stereocenters. The zero-order valence-corrected chi connectivity index (χ0v) is 14.1. The van der Waals surface area contributed by atoms with Gasteiger partial charge in [-0.2, -0.15) is 5.26 Å². The van der Waals surface area contributed by atoms with Crippen LogP contribution in [0.15, 0.2) is 48.5 Å². The number of rotatable bonds is 6. The highest BCUT2D eigenvalue weighted by Gasteiger charge is 2.15. The summed E-state index contributed by atoms with van der Waals surface area (Å²) in [6.07, 6.45) is -0.643. The molecule has 0 aromatic heterocycles. The molecule has 2 aromatic carbocycles. The van der Waals surface area contributed by atoms with E-state index in [9.17, 15) is 4.79 Å². The second-order valence-electron chi connectivity index (χ2n) is 5.82. The van der Waals surface area contributed by atoms with Gasteiger partial charge in [-0.05, 0) is 63.0 Å². The fourth-order valence-electron chi connectivity index (χ4n) is 2.22. The van der Waals surface area contributed by atoms with Crippen LogP contribution in [0.2, 0.25) is 0 Å². The fourth-order valence-corrected chi connectivity index (χ4v) is 2.22. The third-order valence-corrected chi connectivity index (χ3v) is 3.36. The molecule has 0 aliphatic carbocycles. The average molecular weight is 323 g/mol. The monoisotopic (exact) mass is 323 g/mol. The summed E-state index contributed by atoms with van der Waals surface area (Å²) in [5.74, 6) is 0.333. The molecule has 0 aliphatic heterocycles. The van der Waals surface area contributed by atoms with Gasteiger partial charge in [0.05, 0.1) is 11.6 Å². The number of benzene rings is 2. The van der Waals surface area contributed by atoms with Crippen molar-refractivity contribution in [1.82, 2.24) is 4.90 Å². The Kier molecular flexibility index (Phi) is 5.94. The van der Waals surface area contributed by atoms with E-state index in [1.165, 1.54) is 0 Å². The minimum absolute atomic E-state index is 0.221. The van der Waals surface area contributed by atoms with E-state index in [2.05, 4.69) is 10.2 Å². The maximum atomic E-state index is 12.3. The molecule has 1 N–H and O–H groups in total. The zero-order chi connectivity index (χ0) is 17.5. The van der Waals surface area contributed by atoms with Crippen LogP contribution in [0.3, 0.4) is 0 Å². The van der Waals surface area contributed by atoms with Gasteiger partial charge in [0, 0.05) is 12.2 Å². The summed E-state index contributed by atoms with van der Waals surface area (Å²) in [6.45, 7) is 2.50. The molecular formula is C19H21N3O2. The summed E-state index contributed by atoms with van der Waals surface area (Å²) in [5.41, 5.74) is 2.42. The van der Waals surface area contributed by atoms with Gasteiger partial charge in [-0.3, -0.25) is 4.79 Å². The highest BCUT2D eigenvalue weighted by molar-refractivity contribution is 5.94. The first-order chi connectivity index (χ1) is 11.5. The molecule has 5 nitrogen and oxygen atoms in total. The van der Waals surface area contributed by atoms with Crippen molar-refractivity contribution in [3.63, 3.8) is 0 Å². The highest BCUT2D eigenvalue weighted by atomic mass is 16.5. The number of amides is 1. The summed E-state index contributed by atoms with van der Waals surface area (Å²) in [7, 11) is 4.00. The largest absolute Gasteiger partial charge is 0.481 e. The number of hydrogen-bond donors (Lipinski definition) is 1. The van der Waals surface area contributed by atoms with Gasteiger partial charge in [-0.25, -0.2) is 0 Å². The van der Waals surface area contributed by atoms with Crippen molar-refractivity contribution >= 4 is 11.6 Å². The molecule has 0 spiro atoms. The maximum absolute atomic E-state index is 12.3. The lowest BCUT2D eigenvalue weighted by Gasteiger charge is -2.16. The van der Waals surface area contributed by atoms with E-state index in [-0.39, 0.29) is 5.91 Å². The lowest BCUT2D eigenvalue weighted by atomic mass is 10.2. The Bertz CT molecular complexity index is 733. The summed E-state index contributed by atoms with van der Waals surface area (Å²) in [4.78, 5) is 14.3. The molecule has 1 unspecified atom stereocenters. The predicted molar refractivity (Wildman–Crippen MR) is 93.7 cm³/mol. The number of nitriles is 1. The minimum atomic E-state index is -0.643. The van der Waals surface area contributed by atoms with Crippen molar-refractivity contribution in [2.75, 3.05) is 19.4 Å². The number of carbonyl (C=O) groups is 1. The van der Waals surface area contributed by atoms with Gasteiger partial charge >= 0.3 is 0 Å². The van der Waals surface area contributed by atoms with Gasteiger partial charge in [0.1, 0.15) is 5.75 Å². The number of anilines is 1. The molecular weight excluding hydrogens is 302 g/mol. The standard InChI is InChI=1S/C19H21N3O2/c1-14(24-18-9-7-15(12-20)8-10-18)19(23)21-17-6-4-5-16(11-17)13-22(2)3/h4-11,14H,13H2,1-3H3,(H,21,23). The van der Waals surface area contributed by atoms with Crippen LogP contribution in [0.4, 0.5) is 5.69 Å². The lowest BCUT2D eigenvalue weighted by molar-refractivity contribution is -0.122. The fraction of sp³-hybridized carbons (Fsp3) is 0.263. The number of ether oxygens (including phenoxy) is 1. The SMILES string of the molecule is CC(Oc1ccc(C#N)cc1)C(=O)Nc1cccc(CN(C)C)c1. The summed E-state index contributed by atoms with van der Waals surface area (Å²) in [5, 5.41) is 11.6. The van der Waals surface area contributed by atoms with Gasteiger partial charge in [0.2, 0.25) is 0 Å². The molecule has 2 rings (SSSR count). The van der Waals surface area contributed by atoms with Gasteiger partial charge in [0.15, 0.2) is 6.10 Å². The van der Waals surface area contributed by atoms with Crippen LogP contribution in [0.5, 0.6) is 5.75 Å². The summed E-state index contributed by atoms with van der Waals surface area (Å²) in [6, 6.07) is 16.5. The molecule has 0 bridgehead atoms. The number of nitrogens with one attached hydrogen (secondary N) is 1. The van der Waals surface area contributed by atoms with Crippen LogP contribution in [0, 0.1) is 11.3 Å². The zero-order valence-electron chi connectivity index (χ0n) is 14.1.